The molecule has 28 heavy (non-hydrogen) atoms. The lowest BCUT2D eigenvalue weighted by atomic mass is 9.98. The topological polar surface area (TPSA) is 75.7 Å². The minimum absolute atomic E-state index is 0.0302. The van der Waals surface area contributed by atoms with E-state index < -0.39 is 10.0 Å². The van der Waals surface area contributed by atoms with E-state index in [1.165, 1.54) is 19.2 Å². The fraction of sp³-hybridized carbons (Fsp3) is 0.667. The third kappa shape index (κ3) is 5.06. The highest BCUT2D eigenvalue weighted by molar-refractivity contribution is 7.89. The Balaban J connectivity index is 1.82. The Kier molecular flexibility index (Phi) is 6.99. The second-order valence-corrected chi connectivity index (χ2v) is 9.86. The zero-order chi connectivity index (χ0) is 20.1. The summed E-state index contributed by atoms with van der Waals surface area (Å²) in [6.45, 7) is 3.58. The van der Waals surface area contributed by atoms with Gasteiger partial charge in [-0.05, 0) is 49.8 Å². The summed E-state index contributed by atoms with van der Waals surface area (Å²) in [5, 5.41) is 0. The number of likely N-dealkylation sites (tertiary alicyclic amines) is 1. The fourth-order valence-electron chi connectivity index (χ4n) is 4.09. The Labute approximate surface area is 168 Å². The molecule has 1 aliphatic heterocycles. The van der Waals surface area contributed by atoms with Crippen molar-refractivity contribution in [2.24, 2.45) is 5.92 Å². The first-order valence-electron chi connectivity index (χ1n) is 10.4. The van der Waals surface area contributed by atoms with Gasteiger partial charge in [0.2, 0.25) is 10.0 Å². The van der Waals surface area contributed by atoms with Crippen molar-refractivity contribution in [1.29, 1.82) is 0 Å². The summed E-state index contributed by atoms with van der Waals surface area (Å²) >= 11 is 0. The van der Waals surface area contributed by atoms with Gasteiger partial charge in [-0.1, -0.05) is 32.6 Å². The Bertz CT molecular complexity index is 778. The first kappa shape index (κ1) is 21.1. The van der Waals surface area contributed by atoms with E-state index in [9.17, 15) is 13.2 Å². The molecule has 3 rings (SSSR count). The average molecular weight is 409 g/mol. The minimum Gasteiger partial charge on any atom is -0.496 e. The number of rotatable bonds is 5. The number of carbonyl (C=O) groups is 1. The van der Waals surface area contributed by atoms with Crippen molar-refractivity contribution in [3.05, 3.63) is 23.8 Å². The summed E-state index contributed by atoms with van der Waals surface area (Å²) in [6.07, 6.45) is 8.09. The van der Waals surface area contributed by atoms with Crippen molar-refractivity contribution in [2.75, 3.05) is 20.2 Å². The third-order valence-electron chi connectivity index (χ3n) is 5.96. The van der Waals surface area contributed by atoms with Crippen LogP contribution in [0.5, 0.6) is 5.75 Å². The van der Waals surface area contributed by atoms with Crippen LogP contribution < -0.4 is 9.46 Å². The predicted octanol–water partition coefficient (Wildman–Crippen LogP) is 3.57. The summed E-state index contributed by atoms with van der Waals surface area (Å²) < 4.78 is 34.1. The highest BCUT2D eigenvalue weighted by Gasteiger charge is 2.27. The van der Waals surface area contributed by atoms with Crippen LogP contribution in [0.2, 0.25) is 0 Å². The number of piperidine rings is 1. The fourth-order valence-corrected chi connectivity index (χ4v) is 5.42. The molecule has 0 radical (unpaired) electrons. The van der Waals surface area contributed by atoms with Crippen molar-refractivity contribution in [3.8, 4) is 5.75 Å². The van der Waals surface area contributed by atoms with E-state index in [1.54, 1.807) is 11.0 Å². The molecular formula is C21H32N2O4S. The van der Waals surface area contributed by atoms with Crippen LogP contribution in [0.15, 0.2) is 23.1 Å². The van der Waals surface area contributed by atoms with Crippen molar-refractivity contribution >= 4 is 15.9 Å². The van der Waals surface area contributed by atoms with Gasteiger partial charge in [0, 0.05) is 19.1 Å². The van der Waals surface area contributed by atoms with Crippen LogP contribution in [-0.2, 0) is 10.0 Å². The molecular weight excluding hydrogens is 376 g/mol. The number of nitrogens with zero attached hydrogens (tertiary/aromatic N) is 1. The molecule has 0 bridgehead atoms. The van der Waals surface area contributed by atoms with Crippen molar-refractivity contribution in [2.45, 2.75) is 69.2 Å². The molecule has 0 unspecified atom stereocenters. The molecule has 1 saturated heterocycles. The second-order valence-electron chi connectivity index (χ2n) is 8.15. The minimum atomic E-state index is -3.67. The lowest BCUT2D eigenvalue weighted by molar-refractivity contribution is 0.0693. The molecule has 1 N–H and O–H groups in total. The molecule has 1 amide bonds. The van der Waals surface area contributed by atoms with Crippen molar-refractivity contribution < 1.29 is 17.9 Å². The van der Waals surface area contributed by atoms with Crippen LogP contribution in [-0.4, -0.2) is 45.5 Å². The van der Waals surface area contributed by atoms with Crippen LogP contribution in [0.4, 0.5) is 0 Å². The third-order valence-corrected chi connectivity index (χ3v) is 7.48. The number of hydrogen-bond acceptors (Lipinski definition) is 4. The normalized spacial score (nSPS) is 20.0. The molecule has 0 spiro atoms. The summed E-state index contributed by atoms with van der Waals surface area (Å²) in [7, 11) is -2.17. The highest BCUT2D eigenvalue weighted by Crippen LogP contribution is 2.27. The van der Waals surface area contributed by atoms with E-state index in [1.807, 2.05) is 0 Å². The standard InChI is InChI=1S/C21H32N2O4S/c1-16-11-13-23(14-12-16)21(24)19-15-18(9-10-20(19)27-2)28(25,26)22-17-7-5-3-4-6-8-17/h9-10,15-17,22H,3-8,11-14H2,1-2H3. The molecule has 1 heterocycles. The maximum Gasteiger partial charge on any atom is 0.257 e. The molecule has 1 aliphatic carbocycles. The quantitative estimate of drug-likeness (QED) is 0.756. The molecule has 1 aromatic rings. The van der Waals surface area contributed by atoms with E-state index in [2.05, 4.69) is 11.6 Å². The number of benzene rings is 1. The molecule has 0 atom stereocenters. The molecule has 2 aliphatic rings. The van der Waals surface area contributed by atoms with Crippen LogP contribution in [0.3, 0.4) is 0 Å². The molecule has 0 aromatic heterocycles. The average Bonchev–Trinajstić information content (AvgIpc) is 2.95. The molecule has 7 heteroatoms. The van der Waals surface area contributed by atoms with E-state index in [4.69, 9.17) is 4.74 Å². The van der Waals surface area contributed by atoms with Gasteiger partial charge in [0.1, 0.15) is 5.75 Å². The van der Waals surface area contributed by atoms with Gasteiger partial charge in [0.15, 0.2) is 0 Å². The molecule has 1 saturated carbocycles. The largest absolute Gasteiger partial charge is 0.496 e. The first-order chi connectivity index (χ1) is 13.4. The van der Waals surface area contributed by atoms with E-state index in [0.29, 0.717) is 30.3 Å². The van der Waals surface area contributed by atoms with Gasteiger partial charge in [0.25, 0.3) is 5.91 Å². The predicted molar refractivity (Wildman–Crippen MR) is 109 cm³/mol. The Morgan fingerprint density at radius 3 is 2.32 bits per heavy atom. The lowest BCUT2D eigenvalue weighted by Crippen LogP contribution is -2.38. The summed E-state index contributed by atoms with van der Waals surface area (Å²) in [4.78, 5) is 15.0. The highest BCUT2D eigenvalue weighted by atomic mass is 32.2. The van der Waals surface area contributed by atoms with Gasteiger partial charge in [-0.2, -0.15) is 0 Å². The number of nitrogens with one attached hydrogen (secondary N) is 1. The summed E-state index contributed by atoms with van der Waals surface area (Å²) in [6, 6.07) is 4.55. The van der Waals surface area contributed by atoms with E-state index in [0.717, 1.165) is 51.4 Å². The van der Waals surface area contributed by atoms with Gasteiger partial charge in [0.05, 0.1) is 17.6 Å². The number of carbonyl (C=O) groups excluding carboxylic acids is 1. The monoisotopic (exact) mass is 408 g/mol. The number of sulfonamides is 1. The van der Waals surface area contributed by atoms with E-state index in [-0.39, 0.29) is 16.8 Å². The van der Waals surface area contributed by atoms with Crippen LogP contribution in [0.1, 0.15) is 68.6 Å². The zero-order valence-corrected chi connectivity index (χ0v) is 17.8. The summed E-state index contributed by atoms with van der Waals surface area (Å²) in [5.74, 6) is 0.869. The Morgan fingerprint density at radius 2 is 1.71 bits per heavy atom. The van der Waals surface area contributed by atoms with Gasteiger partial charge in [-0.15, -0.1) is 0 Å². The maximum atomic E-state index is 13.0. The zero-order valence-electron chi connectivity index (χ0n) is 16.9. The maximum absolute atomic E-state index is 13.0. The van der Waals surface area contributed by atoms with Crippen molar-refractivity contribution in [3.63, 3.8) is 0 Å². The first-order valence-corrected chi connectivity index (χ1v) is 11.9. The SMILES string of the molecule is COc1ccc(S(=O)(=O)NC2CCCCCC2)cc1C(=O)N1CCC(C)CC1. The lowest BCUT2D eigenvalue weighted by Gasteiger charge is -2.30. The van der Waals surface area contributed by atoms with Gasteiger partial charge in [-0.3, -0.25) is 4.79 Å². The van der Waals surface area contributed by atoms with Crippen molar-refractivity contribution in [1.82, 2.24) is 9.62 Å². The van der Waals surface area contributed by atoms with Gasteiger partial charge >= 0.3 is 0 Å². The Morgan fingerprint density at radius 1 is 1.07 bits per heavy atom. The smallest absolute Gasteiger partial charge is 0.257 e. The van der Waals surface area contributed by atoms with Crippen LogP contribution in [0, 0.1) is 5.92 Å². The van der Waals surface area contributed by atoms with Gasteiger partial charge in [-0.25, -0.2) is 13.1 Å². The summed E-state index contributed by atoms with van der Waals surface area (Å²) in [5.41, 5.74) is 0.320. The van der Waals surface area contributed by atoms with Gasteiger partial charge < -0.3 is 9.64 Å². The number of hydrogen-bond donors (Lipinski definition) is 1. The molecule has 6 nitrogen and oxygen atoms in total. The Hall–Kier alpha value is -1.60. The number of amides is 1. The molecule has 156 valence electrons. The number of methoxy groups -OCH3 is 1. The van der Waals surface area contributed by atoms with Crippen LogP contribution >= 0.6 is 0 Å². The second kappa shape index (κ2) is 9.27. The van der Waals surface area contributed by atoms with Crippen LogP contribution in [0.25, 0.3) is 0 Å². The number of ether oxygens (including phenoxy) is 1. The van der Waals surface area contributed by atoms with E-state index >= 15 is 0 Å². The molecule has 1 aromatic carbocycles. The molecule has 2 fully saturated rings.